The molecule has 0 unspecified atom stereocenters. The average molecular weight is 411 g/mol. The van der Waals surface area contributed by atoms with Crippen molar-refractivity contribution in [3.8, 4) is 5.75 Å². The highest BCUT2D eigenvalue weighted by Gasteiger charge is 2.23. The van der Waals surface area contributed by atoms with Crippen LogP contribution in [0.3, 0.4) is 0 Å². The first-order valence-electron chi connectivity index (χ1n) is 5.67. The van der Waals surface area contributed by atoms with Crippen LogP contribution in [0, 0.1) is 6.92 Å². The standard InChI is InChI=1S/C13H10BrCl2NO3S/c1-7-4-9(18)2-3-12(7)17-21(19,20)13-10(15)5-8(14)6-11(13)16/h2-6,17-18H,1H3. The number of hydrogen-bond acceptors (Lipinski definition) is 3. The highest BCUT2D eigenvalue weighted by atomic mass is 79.9. The number of nitrogens with one attached hydrogen (secondary N) is 1. The van der Waals surface area contributed by atoms with Crippen LogP contribution < -0.4 is 4.72 Å². The minimum absolute atomic E-state index is 0.0123. The number of aryl methyl sites for hydroxylation is 1. The summed E-state index contributed by atoms with van der Waals surface area (Å²) in [5.41, 5.74) is 0.908. The molecular weight excluding hydrogens is 401 g/mol. The summed E-state index contributed by atoms with van der Waals surface area (Å²) in [6, 6.07) is 7.19. The molecule has 0 spiro atoms. The van der Waals surface area contributed by atoms with Gasteiger partial charge in [-0.1, -0.05) is 39.1 Å². The van der Waals surface area contributed by atoms with Gasteiger partial charge in [0.05, 0.1) is 15.7 Å². The van der Waals surface area contributed by atoms with Crippen LogP contribution in [0.5, 0.6) is 5.75 Å². The highest BCUT2D eigenvalue weighted by Crippen LogP contribution is 2.34. The number of aromatic hydroxyl groups is 1. The van der Waals surface area contributed by atoms with Crippen molar-refractivity contribution < 1.29 is 13.5 Å². The lowest BCUT2D eigenvalue weighted by molar-refractivity contribution is 0.475. The summed E-state index contributed by atoms with van der Waals surface area (Å²) in [5, 5.41) is 9.37. The lowest BCUT2D eigenvalue weighted by Crippen LogP contribution is -2.14. The molecule has 0 bridgehead atoms. The SMILES string of the molecule is Cc1cc(O)ccc1NS(=O)(=O)c1c(Cl)cc(Br)cc1Cl. The largest absolute Gasteiger partial charge is 0.508 e. The van der Waals surface area contributed by atoms with Crippen molar-refractivity contribution in [2.24, 2.45) is 0 Å². The topological polar surface area (TPSA) is 66.4 Å². The predicted octanol–water partition coefficient (Wildman–Crippen LogP) is 4.57. The van der Waals surface area contributed by atoms with E-state index in [1.54, 1.807) is 6.92 Å². The van der Waals surface area contributed by atoms with Gasteiger partial charge in [-0.25, -0.2) is 8.42 Å². The molecule has 0 aliphatic heterocycles. The summed E-state index contributed by atoms with van der Waals surface area (Å²) in [6.07, 6.45) is 0. The van der Waals surface area contributed by atoms with Crippen molar-refractivity contribution >= 4 is 54.8 Å². The van der Waals surface area contributed by atoms with E-state index >= 15 is 0 Å². The number of rotatable bonds is 3. The third kappa shape index (κ3) is 3.63. The first-order valence-corrected chi connectivity index (χ1v) is 8.71. The van der Waals surface area contributed by atoms with E-state index in [0.717, 1.165) is 0 Å². The Kier molecular flexibility index (Phi) is 4.72. The van der Waals surface area contributed by atoms with Crippen molar-refractivity contribution in [3.63, 3.8) is 0 Å². The molecule has 21 heavy (non-hydrogen) atoms. The molecule has 0 aromatic heterocycles. The zero-order valence-electron chi connectivity index (χ0n) is 10.7. The van der Waals surface area contributed by atoms with Gasteiger partial charge in [0, 0.05) is 4.47 Å². The molecule has 0 amide bonds. The minimum atomic E-state index is -3.94. The molecule has 0 radical (unpaired) electrons. The molecule has 4 nitrogen and oxygen atoms in total. The van der Waals surface area contributed by atoms with Gasteiger partial charge >= 0.3 is 0 Å². The van der Waals surface area contributed by atoms with Crippen molar-refractivity contribution in [1.82, 2.24) is 0 Å². The van der Waals surface area contributed by atoms with E-state index in [2.05, 4.69) is 20.7 Å². The quantitative estimate of drug-likeness (QED) is 0.728. The molecule has 2 N–H and O–H groups in total. The van der Waals surface area contributed by atoms with E-state index in [0.29, 0.717) is 15.7 Å². The fourth-order valence-corrected chi connectivity index (χ4v) is 4.81. The maximum absolute atomic E-state index is 12.4. The number of halogens is 3. The minimum Gasteiger partial charge on any atom is -0.508 e. The Morgan fingerprint density at radius 2 is 1.71 bits per heavy atom. The third-order valence-corrected chi connectivity index (χ3v) is 5.43. The Morgan fingerprint density at radius 1 is 1.14 bits per heavy atom. The summed E-state index contributed by atoms with van der Waals surface area (Å²) in [7, 11) is -3.94. The molecule has 0 saturated carbocycles. The average Bonchev–Trinajstić information content (AvgIpc) is 2.30. The smallest absolute Gasteiger partial charge is 0.264 e. The Labute approximate surface area is 140 Å². The fourth-order valence-electron chi connectivity index (χ4n) is 1.74. The van der Waals surface area contributed by atoms with Crippen LogP contribution in [0.25, 0.3) is 0 Å². The molecule has 0 heterocycles. The highest BCUT2D eigenvalue weighted by molar-refractivity contribution is 9.10. The van der Waals surface area contributed by atoms with Gasteiger partial charge in [0.2, 0.25) is 0 Å². The Bertz CT molecular complexity index is 786. The van der Waals surface area contributed by atoms with E-state index in [1.165, 1.54) is 30.3 Å². The Morgan fingerprint density at radius 3 is 2.24 bits per heavy atom. The molecule has 0 saturated heterocycles. The van der Waals surface area contributed by atoms with Crippen molar-refractivity contribution in [3.05, 3.63) is 50.4 Å². The van der Waals surface area contributed by atoms with Crippen LogP contribution in [0.4, 0.5) is 5.69 Å². The number of hydrogen-bond donors (Lipinski definition) is 2. The van der Waals surface area contributed by atoms with Gasteiger partial charge in [-0.15, -0.1) is 0 Å². The first-order chi connectivity index (χ1) is 9.70. The second-order valence-electron chi connectivity index (χ2n) is 4.30. The van der Waals surface area contributed by atoms with Crippen LogP contribution >= 0.6 is 39.1 Å². The molecule has 0 atom stereocenters. The molecular formula is C13H10BrCl2NO3S. The number of phenolic OH excluding ortho intramolecular Hbond substituents is 1. The lowest BCUT2D eigenvalue weighted by atomic mass is 10.2. The van der Waals surface area contributed by atoms with Crippen LogP contribution in [0.2, 0.25) is 10.0 Å². The summed E-state index contributed by atoms with van der Waals surface area (Å²) in [4.78, 5) is -0.193. The van der Waals surface area contributed by atoms with E-state index in [1.807, 2.05) is 0 Å². The van der Waals surface area contributed by atoms with Crippen molar-refractivity contribution in [2.45, 2.75) is 11.8 Å². The fraction of sp³-hybridized carbons (Fsp3) is 0.0769. The normalized spacial score (nSPS) is 11.4. The van der Waals surface area contributed by atoms with Crippen LogP contribution in [-0.4, -0.2) is 13.5 Å². The summed E-state index contributed by atoms with van der Waals surface area (Å²) >= 11 is 15.1. The Hall–Kier alpha value is -0.950. The summed E-state index contributed by atoms with van der Waals surface area (Å²) in [6.45, 7) is 1.67. The molecule has 0 fully saturated rings. The molecule has 8 heteroatoms. The van der Waals surface area contributed by atoms with Gasteiger partial charge in [-0.05, 0) is 42.8 Å². The van der Waals surface area contributed by atoms with E-state index < -0.39 is 10.0 Å². The van der Waals surface area contributed by atoms with Gasteiger partial charge in [-0.2, -0.15) is 0 Å². The van der Waals surface area contributed by atoms with Crippen molar-refractivity contribution in [1.29, 1.82) is 0 Å². The summed E-state index contributed by atoms with van der Waals surface area (Å²) < 4.78 is 27.9. The molecule has 2 aromatic carbocycles. The molecule has 0 aliphatic rings. The van der Waals surface area contributed by atoms with Gasteiger partial charge < -0.3 is 5.11 Å². The van der Waals surface area contributed by atoms with Crippen LogP contribution in [0.15, 0.2) is 39.7 Å². The molecule has 2 rings (SSSR count). The van der Waals surface area contributed by atoms with Gasteiger partial charge in [-0.3, -0.25) is 4.72 Å². The van der Waals surface area contributed by atoms with Gasteiger partial charge in [0.1, 0.15) is 10.6 Å². The van der Waals surface area contributed by atoms with Crippen molar-refractivity contribution in [2.75, 3.05) is 4.72 Å². The monoisotopic (exact) mass is 409 g/mol. The van der Waals surface area contributed by atoms with E-state index in [-0.39, 0.29) is 20.7 Å². The number of anilines is 1. The molecule has 0 aliphatic carbocycles. The van der Waals surface area contributed by atoms with Gasteiger partial charge in [0.25, 0.3) is 10.0 Å². The molecule has 112 valence electrons. The number of benzene rings is 2. The van der Waals surface area contributed by atoms with Crippen LogP contribution in [0.1, 0.15) is 5.56 Å². The van der Waals surface area contributed by atoms with E-state index in [9.17, 15) is 13.5 Å². The Balaban J connectivity index is 2.48. The van der Waals surface area contributed by atoms with Gasteiger partial charge in [0.15, 0.2) is 0 Å². The maximum Gasteiger partial charge on any atom is 0.264 e. The maximum atomic E-state index is 12.4. The lowest BCUT2D eigenvalue weighted by Gasteiger charge is -2.13. The summed E-state index contributed by atoms with van der Waals surface area (Å²) in [5.74, 6) is 0.0511. The first kappa shape index (κ1) is 16.4. The van der Waals surface area contributed by atoms with E-state index in [4.69, 9.17) is 23.2 Å². The second-order valence-corrected chi connectivity index (χ2v) is 7.65. The van der Waals surface area contributed by atoms with Crippen LogP contribution in [-0.2, 0) is 10.0 Å². The third-order valence-electron chi connectivity index (χ3n) is 2.69. The number of sulfonamides is 1. The molecule has 2 aromatic rings. The second kappa shape index (κ2) is 6.04. The number of phenols is 1. The zero-order chi connectivity index (χ0) is 15.8. The zero-order valence-corrected chi connectivity index (χ0v) is 14.6. The predicted molar refractivity (Wildman–Crippen MR) is 87.8 cm³/mol.